The highest BCUT2D eigenvalue weighted by Gasteiger charge is 2.40. The Kier molecular flexibility index (Phi) is 4.45. The fourth-order valence-electron chi connectivity index (χ4n) is 4.09. The Morgan fingerprint density at radius 2 is 2.20 bits per heavy atom. The molecular formula is C17H22F2N4O2. The third-order valence-corrected chi connectivity index (χ3v) is 5.46. The van der Waals surface area contributed by atoms with Gasteiger partial charge in [-0.15, -0.1) is 0 Å². The highest BCUT2D eigenvalue weighted by atomic mass is 19.1. The maximum Gasteiger partial charge on any atom is 0.106 e. The number of halogens is 2. The van der Waals surface area contributed by atoms with E-state index in [4.69, 9.17) is 10.5 Å². The summed E-state index contributed by atoms with van der Waals surface area (Å²) in [6.45, 7) is 1.72. The molecule has 1 aromatic rings. The highest BCUT2D eigenvalue weighted by molar-refractivity contribution is 5.29. The molecule has 6 nitrogen and oxygen atoms in total. The lowest BCUT2D eigenvalue weighted by molar-refractivity contribution is -0.0729. The van der Waals surface area contributed by atoms with Gasteiger partial charge in [0.05, 0.1) is 30.7 Å². The summed E-state index contributed by atoms with van der Waals surface area (Å²) in [4.78, 5) is 2.23. The Hall–Kier alpha value is -1.61. The number of allylic oxidation sites excluding steroid dienone is 3. The molecule has 4 rings (SSSR count). The minimum Gasteiger partial charge on any atom is -0.390 e. The van der Waals surface area contributed by atoms with Gasteiger partial charge in [-0.2, -0.15) is 5.10 Å². The molecule has 0 bridgehead atoms. The van der Waals surface area contributed by atoms with E-state index in [1.807, 2.05) is 0 Å². The normalized spacial score (nSPS) is 33.1. The molecule has 136 valence electrons. The Morgan fingerprint density at radius 3 is 2.96 bits per heavy atom. The number of H-pyrrole nitrogens is 1. The van der Waals surface area contributed by atoms with Gasteiger partial charge in [0.1, 0.15) is 11.7 Å². The van der Waals surface area contributed by atoms with Gasteiger partial charge < -0.3 is 15.6 Å². The van der Waals surface area contributed by atoms with Crippen molar-refractivity contribution in [2.24, 2.45) is 11.7 Å². The van der Waals surface area contributed by atoms with Crippen LogP contribution in [0, 0.1) is 5.92 Å². The number of nitrogens with zero attached hydrogens (tertiary/aromatic N) is 2. The molecule has 8 heteroatoms. The summed E-state index contributed by atoms with van der Waals surface area (Å²) in [5.74, 6) is -1.35. The molecule has 1 aliphatic carbocycles. The third kappa shape index (κ3) is 3.03. The van der Waals surface area contributed by atoms with Crippen molar-refractivity contribution in [3.05, 3.63) is 40.8 Å². The van der Waals surface area contributed by atoms with Gasteiger partial charge in [0.15, 0.2) is 0 Å². The summed E-state index contributed by atoms with van der Waals surface area (Å²) in [5.41, 5.74) is 8.98. The largest absolute Gasteiger partial charge is 0.390 e. The molecule has 4 atom stereocenters. The number of nitrogens with two attached hydrogens (primary N) is 1. The zero-order valence-electron chi connectivity index (χ0n) is 13.8. The van der Waals surface area contributed by atoms with E-state index >= 15 is 0 Å². The summed E-state index contributed by atoms with van der Waals surface area (Å²) in [6, 6.07) is -0.252. The first-order chi connectivity index (χ1) is 12.1. The van der Waals surface area contributed by atoms with Gasteiger partial charge in [0, 0.05) is 43.1 Å². The van der Waals surface area contributed by atoms with E-state index in [0.29, 0.717) is 31.8 Å². The Labute approximate surface area is 144 Å². The van der Waals surface area contributed by atoms with E-state index in [1.165, 1.54) is 6.08 Å². The molecule has 3 aliphatic rings. The fourth-order valence-corrected chi connectivity index (χ4v) is 4.09. The maximum atomic E-state index is 14.1. The van der Waals surface area contributed by atoms with Crippen LogP contribution in [0.2, 0.25) is 0 Å². The number of aliphatic hydroxyl groups is 1. The standard InChI is InChI=1S/C17H22F2N4O2/c18-9-1-2-13(19)11(3-9)17-14(20)4-10(8-25-17)23-5-12-15(6-23)21-22-16(12)7-24/h1-2,10-11,14,17,24H,3-8,20H2,(H,21,22)/t10-,11?,14+,17-/m1/s1. The zero-order valence-corrected chi connectivity index (χ0v) is 13.8. The summed E-state index contributed by atoms with van der Waals surface area (Å²) in [7, 11) is 0. The van der Waals surface area contributed by atoms with Crippen LogP contribution >= 0.6 is 0 Å². The van der Waals surface area contributed by atoms with E-state index in [0.717, 1.165) is 17.3 Å². The molecule has 0 radical (unpaired) electrons. The molecule has 0 saturated carbocycles. The number of hydrogen-bond donors (Lipinski definition) is 3. The van der Waals surface area contributed by atoms with Gasteiger partial charge in [-0.3, -0.25) is 10.00 Å². The molecule has 0 amide bonds. The molecule has 3 heterocycles. The predicted molar refractivity (Wildman–Crippen MR) is 86.4 cm³/mol. The number of aromatic amines is 1. The molecule has 25 heavy (non-hydrogen) atoms. The van der Waals surface area contributed by atoms with Crippen LogP contribution in [0.15, 0.2) is 23.8 Å². The first kappa shape index (κ1) is 16.8. The van der Waals surface area contributed by atoms with E-state index in [2.05, 4.69) is 15.1 Å². The Balaban J connectivity index is 1.40. The minimum absolute atomic E-state index is 0.00514. The number of ether oxygens (including phenoxy) is 1. The molecule has 1 aromatic heterocycles. The second-order valence-corrected chi connectivity index (χ2v) is 7.02. The average Bonchev–Trinajstić information content (AvgIpc) is 3.17. The van der Waals surface area contributed by atoms with Gasteiger partial charge in [0.2, 0.25) is 0 Å². The predicted octanol–water partition coefficient (Wildman–Crippen LogP) is 1.43. The smallest absolute Gasteiger partial charge is 0.106 e. The molecular weight excluding hydrogens is 330 g/mol. The zero-order chi connectivity index (χ0) is 17.6. The second kappa shape index (κ2) is 6.60. The van der Waals surface area contributed by atoms with Crippen LogP contribution in [0.5, 0.6) is 0 Å². The maximum absolute atomic E-state index is 14.1. The van der Waals surface area contributed by atoms with E-state index in [9.17, 15) is 13.9 Å². The molecule has 1 saturated heterocycles. The fraction of sp³-hybridized carbons (Fsp3) is 0.588. The average molecular weight is 352 g/mol. The van der Waals surface area contributed by atoms with Crippen molar-refractivity contribution in [2.75, 3.05) is 6.61 Å². The van der Waals surface area contributed by atoms with Crippen LogP contribution in [0.4, 0.5) is 8.78 Å². The van der Waals surface area contributed by atoms with Gasteiger partial charge in [-0.05, 0) is 18.6 Å². The molecule has 1 unspecified atom stereocenters. The van der Waals surface area contributed by atoms with Crippen LogP contribution in [0.3, 0.4) is 0 Å². The first-order valence-electron chi connectivity index (χ1n) is 8.55. The summed E-state index contributed by atoms with van der Waals surface area (Å²) in [6.07, 6.45) is 2.48. The van der Waals surface area contributed by atoms with Gasteiger partial charge in [-0.1, -0.05) is 0 Å². The lowest BCUT2D eigenvalue weighted by Gasteiger charge is -2.41. The van der Waals surface area contributed by atoms with E-state index in [1.54, 1.807) is 0 Å². The molecule has 0 aromatic carbocycles. The molecule has 2 aliphatic heterocycles. The second-order valence-electron chi connectivity index (χ2n) is 7.02. The van der Waals surface area contributed by atoms with Crippen molar-refractivity contribution >= 4 is 0 Å². The van der Waals surface area contributed by atoms with Crippen molar-refractivity contribution < 1.29 is 18.6 Å². The van der Waals surface area contributed by atoms with E-state index < -0.39 is 12.0 Å². The number of fused-ring (bicyclic) bond motifs is 1. The molecule has 4 N–H and O–H groups in total. The van der Waals surface area contributed by atoms with Gasteiger partial charge >= 0.3 is 0 Å². The molecule has 0 spiro atoms. The highest BCUT2D eigenvalue weighted by Crippen LogP contribution is 2.36. The third-order valence-electron chi connectivity index (χ3n) is 5.46. The van der Waals surface area contributed by atoms with Crippen molar-refractivity contribution in [2.45, 2.75) is 50.7 Å². The van der Waals surface area contributed by atoms with Crippen LogP contribution in [-0.4, -0.2) is 45.0 Å². The van der Waals surface area contributed by atoms with Crippen molar-refractivity contribution in [1.82, 2.24) is 15.1 Å². The van der Waals surface area contributed by atoms with Gasteiger partial charge in [0.25, 0.3) is 0 Å². The summed E-state index contributed by atoms with van der Waals surface area (Å²) < 4.78 is 33.5. The van der Waals surface area contributed by atoms with Crippen LogP contribution < -0.4 is 5.73 Å². The van der Waals surface area contributed by atoms with Crippen molar-refractivity contribution in [3.63, 3.8) is 0 Å². The monoisotopic (exact) mass is 352 g/mol. The lowest BCUT2D eigenvalue weighted by Crippen LogP contribution is -2.53. The summed E-state index contributed by atoms with van der Waals surface area (Å²) in [5, 5.41) is 16.4. The van der Waals surface area contributed by atoms with Gasteiger partial charge in [-0.25, -0.2) is 8.78 Å². The SMILES string of the molecule is N[C@H]1C[C@@H](N2Cc3[nH]nc(CO)c3C2)CO[C@@H]1C1CC(F)=CC=C1F. The Morgan fingerprint density at radius 1 is 1.36 bits per heavy atom. The number of aromatic nitrogens is 2. The van der Waals surface area contributed by atoms with Crippen LogP contribution in [-0.2, 0) is 24.4 Å². The van der Waals surface area contributed by atoms with E-state index in [-0.39, 0.29) is 36.8 Å². The van der Waals surface area contributed by atoms with Crippen molar-refractivity contribution in [1.29, 1.82) is 0 Å². The topological polar surface area (TPSA) is 87.4 Å². The number of aliphatic hydroxyl groups excluding tert-OH is 1. The molecule has 1 fully saturated rings. The number of hydrogen-bond acceptors (Lipinski definition) is 5. The quantitative estimate of drug-likeness (QED) is 0.766. The number of nitrogens with one attached hydrogen (secondary N) is 1. The summed E-state index contributed by atoms with van der Waals surface area (Å²) >= 11 is 0. The first-order valence-corrected chi connectivity index (χ1v) is 8.55. The van der Waals surface area contributed by atoms with Crippen molar-refractivity contribution in [3.8, 4) is 0 Å². The van der Waals surface area contributed by atoms with Crippen LogP contribution in [0.25, 0.3) is 0 Å². The van der Waals surface area contributed by atoms with Crippen LogP contribution in [0.1, 0.15) is 29.8 Å². The Bertz CT molecular complexity index is 718. The minimum atomic E-state index is -0.641. The number of rotatable bonds is 3. The lowest BCUT2D eigenvalue weighted by atomic mass is 9.85.